The van der Waals surface area contributed by atoms with E-state index in [1.807, 2.05) is 58.1 Å². The summed E-state index contributed by atoms with van der Waals surface area (Å²) in [6.45, 7) is 3.71. The molecular formula is C22H24N4O2. The van der Waals surface area contributed by atoms with Crippen molar-refractivity contribution in [3.8, 4) is 0 Å². The van der Waals surface area contributed by atoms with Gasteiger partial charge < -0.3 is 14.6 Å². The maximum Gasteiger partial charge on any atom is 0.251 e. The summed E-state index contributed by atoms with van der Waals surface area (Å²) in [6.07, 6.45) is 7.53. The van der Waals surface area contributed by atoms with E-state index in [2.05, 4.69) is 10.3 Å². The van der Waals surface area contributed by atoms with Crippen LogP contribution in [0, 0.1) is 0 Å². The zero-order chi connectivity index (χ0) is 19.5. The molecule has 0 unspecified atom stereocenters. The molecule has 0 radical (unpaired) electrons. The normalized spacial score (nSPS) is 15.0. The van der Waals surface area contributed by atoms with Crippen molar-refractivity contribution in [1.29, 1.82) is 0 Å². The number of amides is 2. The number of hydrogen-bond acceptors (Lipinski definition) is 3. The van der Waals surface area contributed by atoms with Crippen molar-refractivity contribution in [3.05, 3.63) is 71.7 Å². The van der Waals surface area contributed by atoms with Crippen LogP contribution in [-0.2, 0) is 11.3 Å². The summed E-state index contributed by atoms with van der Waals surface area (Å²) in [5.41, 5.74) is 3.78. The summed E-state index contributed by atoms with van der Waals surface area (Å²) in [4.78, 5) is 30.1. The smallest absolute Gasteiger partial charge is 0.251 e. The van der Waals surface area contributed by atoms with Crippen molar-refractivity contribution in [1.82, 2.24) is 19.6 Å². The Kier molecular flexibility index (Phi) is 5.10. The largest absolute Gasteiger partial charge is 0.348 e. The Morgan fingerprint density at radius 1 is 1.11 bits per heavy atom. The average Bonchev–Trinajstić information content (AvgIpc) is 3.20. The number of carbonyl (C=O) groups excluding carboxylic acids is 2. The second kappa shape index (κ2) is 7.84. The van der Waals surface area contributed by atoms with Gasteiger partial charge in [0.2, 0.25) is 5.91 Å². The molecule has 0 bridgehead atoms. The van der Waals surface area contributed by atoms with Crippen LogP contribution in [0.2, 0.25) is 0 Å². The molecule has 6 nitrogen and oxygen atoms in total. The third-order valence-corrected chi connectivity index (χ3v) is 5.50. The Hall–Kier alpha value is -3.15. The van der Waals surface area contributed by atoms with Crippen LogP contribution in [0.1, 0.15) is 47.2 Å². The molecule has 1 aromatic carbocycles. The molecule has 1 aliphatic rings. The maximum atomic E-state index is 12.5. The molecule has 4 rings (SSSR count). The molecule has 1 N–H and O–H groups in total. The summed E-state index contributed by atoms with van der Waals surface area (Å²) >= 11 is 0. The van der Waals surface area contributed by atoms with Gasteiger partial charge in [-0.2, -0.15) is 0 Å². The van der Waals surface area contributed by atoms with Gasteiger partial charge in [-0.15, -0.1) is 0 Å². The first-order valence-electron chi connectivity index (χ1n) is 9.65. The number of hydrogen-bond donors (Lipinski definition) is 1. The van der Waals surface area contributed by atoms with E-state index < -0.39 is 0 Å². The van der Waals surface area contributed by atoms with Gasteiger partial charge in [-0.05, 0) is 54.2 Å². The Balaban J connectivity index is 1.34. The van der Waals surface area contributed by atoms with E-state index >= 15 is 0 Å². The second-order valence-electron chi connectivity index (χ2n) is 7.31. The second-order valence-corrected chi connectivity index (χ2v) is 7.31. The van der Waals surface area contributed by atoms with Crippen LogP contribution in [0.3, 0.4) is 0 Å². The molecule has 6 heteroatoms. The Morgan fingerprint density at radius 3 is 2.57 bits per heavy atom. The Morgan fingerprint density at radius 2 is 1.86 bits per heavy atom. The van der Waals surface area contributed by atoms with E-state index in [1.54, 1.807) is 13.1 Å². The zero-order valence-electron chi connectivity index (χ0n) is 16.0. The molecular weight excluding hydrogens is 352 g/mol. The van der Waals surface area contributed by atoms with Crippen LogP contribution in [0.25, 0.3) is 5.65 Å². The molecule has 1 fully saturated rings. The number of carbonyl (C=O) groups is 2. The summed E-state index contributed by atoms with van der Waals surface area (Å²) in [5, 5.41) is 2.97. The lowest BCUT2D eigenvalue weighted by atomic mass is 9.89. The fourth-order valence-corrected chi connectivity index (χ4v) is 3.78. The number of piperidine rings is 1. The highest BCUT2D eigenvalue weighted by atomic mass is 16.2. The number of fused-ring (bicyclic) bond motifs is 1. The van der Waals surface area contributed by atoms with Crippen molar-refractivity contribution in [2.24, 2.45) is 0 Å². The zero-order valence-corrected chi connectivity index (χ0v) is 16.0. The number of pyridine rings is 1. The molecule has 3 aromatic rings. The molecule has 2 aromatic heterocycles. The van der Waals surface area contributed by atoms with Crippen LogP contribution in [0.15, 0.2) is 55.0 Å². The van der Waals surface area contributed by atoms with Crippen molar-refractivity contribution >= 4 is 17.5 Å². The summed E-state index contributed by atoms with van der Waals surface area (Å²) < 4.78 is 1.94. The molecule has 0 saturated carbocycles. The lowest BCUT2D eigenvalue weighted by molar-refractivity contribution is -0.129. The van der Waals surface area contributed by atoms with Gasteiger partial charge in [-0.3, -0.25) is 9.59 Å². The van der Waals surface area contributed by atoms with E-state index in [0.29, 0.717) is 18.0 Å². The monoisotopic (exact) mass is 376 g/mol. The van der Waals surface area contributed by atoms with Gasteiger partial charge in [0.25, 0.3) is 5.91 Å². The van der Waals surface area contributed by atoms with E-state index in [-0.39, 0.29) is 11.8 Å². The van der Waals surface area contributed by atoms with Gasteiger partial charge in [0.05, 0.1) is 0 Å². The fourth-order valence-electron chi connectivity index (χ4n) is 3.78. The van der Waals surface area contributed by atoms with Crippen molar-refractivity contribution in [3.63, 3.8) is 0 Å². The standard InChI is InChI=1S/C22H24N4O2/c1-16(27)25-11-7-19(8-12-25)18-2-4-20(5-3-18)22(28)24-15-17-6-10-26-13-9-23-21(26)14-17/h2-6,9-10,13-14,19H,7-8,11-12,15H2,1H3,(H,24,28). The molecule has 144 valence electrons. The maximum absolute atomic E-state index is 12.5. The third kappa shape index (κ3) is 3.91. The first kappa shape index (κ1) is 18.2. The van der Waals surface area contributed by atoms with E-state index in [0.717, 1.165) is 37.1 Å². The highest BCUT2D eigenvalue weighted by molar-refractivity contribution is 5.94. The van der Waals surface area contributed by atoms with Gasteiger partial charge in [0.15, 0.2) is 0 Å². The van der Waals surface area contributed by atoms with Crippen molar-refractivity contribution in [2.45, 2.75) is 32.2 Å². The van der Waals surface area contributed by atoms with E-state index in [9.17, 15) is 9.59 Å². The molecule has 1 saturated heterocycles. The quantitative estimate of drug-likeness (QED) is 0.761. The lowest BCUT2D eigenvalue weighted by Gasteiger charge is -2.31. The number of likely N-dealkylation sites (tertiary alicyclic amines) is 1. The summed E-state index contributed by atoms with van der Waals surface area (Å²) in [5.74, 6) is 0.521. The SMILES string of the molecule is CC(=O)N1CCC(c2ccc(C(=O)NCc3ccn4ccnc4c3)cc2)CC1. The number of aromatic nitrogens is 2. The average molecular weight is 376 g/mol. The van der Waals surface area contributed by atoms with Gasteiger partial charge >= 0.3 is 0 Å². The third-order valence-electron chi connectivity index (χ3n) is 5.50. The molecule has 28 heavy (non-hydrogen) atoms. The molecule has 0 spiro atoms. The van der Waals surface area contributed by atoms with Crippen molar-refractivity contribution < 1.29 is 9.59 Å². The topological polar surface area (TPSA) is 66.7 Å². The number of imidazole rings is 1. The molecule has 2 amide bonds. The predicted molar refractivity (Wildman–Crippen MR) is 107 cm³/mol. The highest BCUT2D eigenvalue weighted by Gasteiger charge is 2.22. The number of nitrogens with one attached hydrogen (secondary N) is 1. The minimum Gasteiger partial charge on any atom is -0.348 e. The first-order chi connectivity index (χ1) is 13.6. The van der Waals surface area contributed by atoms with Gasteiger partial charge in [0, 0.05) is 50.7 Å². The van der Waals surface area contributed by atoms with Crippen LogP contribution < -0.4 is 5.32 Å². The minimum atomic E-state index is -0.0823. The predicted octanol–water partition coefficient (Wildman–Crippen LogP) is 2.99. The lowest BCUT2D eigenvalue weighted by Crippen LogP contribution is -2.36. The highest BCUT2D eigenvalue weighted by Crippen LogP contribution is 2.28. The minimum absolute atomic E-state index is 0.0823. The Bertz CT molecular complexity index is 985. The Labute approximate surface area is 164 Å². The van der Waals surface area contributed by atoms with Crippen molar-refractivity contribution in [2.75, 3.05) is 13.1 Å². The van der Waals surface area contributed by atoms with E-state index in [4.69, 9.17) is 0 Å². The number of nitrogens with zero attached hydrogens (tertiary/aromatic N) is 3. The van der Waals surface area contributed by atoms with Crippen LogP contribution >= 0.6 is 0 Å². The fraction of sp³-hybridized carbons (Fsp3) is 0.318. The molecule has 1 aliphatic heterocycles. The molecule has 3 heterocycles. The number of rotatable bonds is 4. The van der Waals surface area contributed by atoms with Gasteiger partial charge in [-0.1, -0.05) is 12.1 Å². The summed E-state index contributed by atoms with van der Waals surface area (Å²) in [6, 6.07) is 11.8. The van der Waals surface area contributed by atoms with Gasteiger partial charge in [0.1, 0.15) is 5.65 Å². The number of benzene rings is 1. The van der Waals surface area contributed by atoms with Crippen LogP contribution in [-0.4, -0.2) is 39.2 Å². The van der Waals surface area contributed by atoms with E-state index in [1.165, 1.54) is 5.56 Å². The first-order valence-corrected chi connectivity index (χ1v) is 9.65. The summed E-state index contributed by atoms with van der Waals surface area (Å²) in [7, 11) is 0. The van der Waals surface area contributed by atoms with Crippen LogP contribution in [0.4, 0.5) is 0 Å². The van der Waals surface area contributed by atoms with Gasteiger partial charge in [-0.25, -0.2) is 4.98 Å². The molecule has 0 aliphatic carbocycles. The molecule has 0 atom stereocenters. The van der Waals surface area contributed by atoms with Crippen LogP contribution in [0.5, 0.6) is 0 Å².